The summed E-state index contributed by atoms with van der Waals surface area (Å²) in [6, 6.07) is 5.41. The van der Waals surface area contributed by atoms with Crippen LogP contribution in [-0.2, 0) is 6.54 Å². The number of rotatable bonds is 5. The minimum atomic E-state index is -0.898. The highest BCUT2D eigenvalue weighted by molar-refractivity contribution is 5.61. The lowest BCUT2D eigenvalue weighted by atomic mass is 10.1. The standard InChI is InChI=1S/C15H16F2N2O/c1-2-5-20-15-9-19-14(7-11(15)8-18)10-3-4-12(16)13(17)6-10/h3-4,6-7,9H,2,5,8,18H2,1H3. The van der Waals surface area contributed by atoms with E-state index in [2.05, 4.69) is 4.98 Å². The van der Waals surface area contributed by atoms with Crippen LogP contribution < -0.4 is 10.5 Å². The Bertz CT molecular complexity index is 602. The average Bonchev–Trinajstić information content (AvgIpc) is 2.47. The van der Waals surface area contributed by atoms with Gasteiger partial charge in [0.1, 0.15) is 5.75 Å². The topological polar surface area (TPSA) is 48.1 Å². The Morgan fingerprint density at radius 1 is 1.20 bits per heavy atom. The molecular weight excluding hydrogens is 262 g/mol. The first-order chi connectivity index (χ1) is 9.65. The van der Waals surface area contributed by atoms with Crippen molar-refractivity contribution >= 4 is 0 Å². The van der Waals surface area contributed by atoms with Crippen molar-refractivity contribution < 1.29 is 13.5 Å². The van der Waals surface area contributed by atoms with Crippen LogP contribution in [0, 0.1) is 11.6 Å². The fourth-order valence-electron chi connectivity index (χ4n) is 1.80. The molecule has 2 aromatic rings. The molecule has 0 saturated heterocycles. The van der Waals surface area contributed by atoms with Crippen LogP contribution in [0.15, 0.2) is 30.5 Å². The monoisotopic (exact) mass is 278 g/mol. The van der Waals surface area contributed by atoms with Crippen LogP contribution in [-0.4, -0.2) is 11.6 Å². The van der Waals surface area contributed by atoms with Gasteiger partial charge in [0.05, 0.1) is 18.5 Å². The maximum atomic E-state index is 13.2. The largest absolute Gasteiger partial charge is 0.492 e. The van der Waals surface area contributed by atoms with E-state index in [-0.39, 0.29) is 6.54 Å². The molecule has 3 nitrogen and oxygen atoms in total. The summed E-state index contributed by atoms with van der Waals surface area (Å²) in [5, 5.41) is 0. The molecule has 0 amide bonds. The van der Waals surface area contributed by atoms with Gasteiger partial charge in [-0.2, -0.15) is 0 Å². The van der Waals surface area contributed by atoms with Crippen molar-refractivity contribution in [3.8, 4) is 17.0 Å². The molecular formula is C15H16F2N2O. The summed E-state index contributed by atoms with van der Waals surface area (Å²) in [4.78, 5) is 4.21. The zero-order valence-corrected chi connectivity index (χ0v) is 11.2. The van der Waals surface area contributed by atoms with Gasteiger partial charge in [0, 0.05) is 17.7 Å². The molecule has 0 unspecified atom stereocenters. The van der Waals surface area contributed by atoms with Crippen LogP contribution >= 0.6 is 0 Å². The molecule has 0 aliphatic heterocycles. The number of pyridine rings is 1. The van der Waals surface area contributed by atoms with E-state index in [4.69, 9.17) is 10.5 Å². The normalized spacial score (nSPS) is 10.6. The van der Waals surface area contributed by atoms with Crippen molar-refractivity contribution in [3.05, 3.63) is 47.7 Å². The van der Waals surface area contributed by atoms with E-state index in [0.29, 0.717) is 23.6 Å². The van der Waals surface area contributed by atoms with Crippen LogP contribution in [0.4, 0.5) is 8.78 Å². The Hall–Kier alpha value is -2.01. The van der Waals surface area contributed by atoms with Gasteiger partial charge < -0.3 is 10.5 Å². The number of hydrogen-bond acceptors (Lipinski definition) is 3. The smallest absolute Gasteiger partial charge is 0.159 e. The van der Waals surface area contributed by atoms with Crippen molar-refractivity contribution in [2.45, 2.75) is 19.9 Å². The van der Waals surface area contributed by atoms with Crippen molar-refractivity contribution in [2.24, 2.45) is 5.73 Å². The van der Waals surface area contributed by atoms with Gasteiger partial charge in [-0.25, -0.2) is 8.78 Å². The Morgan fingerprint density at radius 3 is 2.65 bits per heavy atom. The average molecular weight is 278 g/mol. The van der Waals surface area contributed by atoms with Crippen LogP contribution in [0.3, 0.4) is 0 Å². The van der Waals surface area contributed by atoms with Gasteiger partial charge in [-0.1, -0.05) is 6.92 Å². The molecule has 0 aliphatic carbocycles. The van der Waals surface area contributed by atoms with E-state index in [9.17, 15) is 8.78 Å². The van der Waals surface area contributed by atoms with Crippen LogP contribution in [0.1, 0.15) is 18.9 Å². The molecule has 1 heterocycles. The Balaban J connectivity index is 2.35. The molecule has 0 spiro atoms. The van der Waals surface area contributed by atoms with Gasteiger partial charge in [0.25, 0.3) is 0 Å². The fraction of sp³-hybridized carbons (Fsp3) is 0.267. The van der Waals surface area contributed by atoms with Gasteiger partial charge in [0.15, 0.2) is 11.6 Å². The third kappa shape index (κ3) is 3.11. The molecule has 2 rings (SSSR count). The number of hydrogen-bond donors (Lipinski definition) is 1. The predicted octanol–water partition coefficient (Wildman–Crippen LogP) is 3.27. The van der Waals surface area contributed by atoms with Crippen molar-refractivity contribution in [1.29, 1.82) is 0 Å². The third-order valence-corrected chi connectivity index (χ3v) is 2.85. The maximum Gasteiger partial charge on any atom is 0.159 e. The molecule has 0 fully saturated rings. The first-order valence-electron chi connectivity index (χ1n) is 6.43. The summed E-state index contributed by atoms with van der Waals surface area (Å²) in [6.45, 7) is 2.88. The quantitative estimate of drug-likeness (QED) is 0.913. The summed E-state index contributed by atoms with van der Waals surface area (Å²) in [6.07, 6.45) is 2.45. The van der Waals surface area contributed by atoms with Gasteiger partial charge in [-0.3, -0.25) is 4.98 Å². The zero-order valence-electron chi connectivity index (χ0n) is 11.2. The second-order valence-corrected chi connectivity index (χ2v) is 4.36. The van der Waals surface area contributed by atoms with E-state index in [1.165, 1.54) is 6.07 Å². The highest BCUT2D eigenvalue weighted by Gasteiger charge is 2.09. The van der Waals surface area contributed by atoms with E-state index in [1.54, 1.807) is 12.3 Å². The molecule has 20 heavy (non-hydrogen) atoms. The molecule has 0 atom stereocenters. The molecule has 0 aliphatic rings. The van der Waals surface area contributed by atoms with E-state index < -0.39 is 11.6 Å². The minimum absolute atomic E-state index is 0.290. The fourth-order valence-corrected chi connectivity index (χ4v) is 1.80. The minimum Gasteiger partial charge on any atom is -0.492 e. The van der Waals surface area contributed by atoms with Crippen molar-refractivity contribution in [1.82, 2.24) is 4.98 Å². The molecule has 106 valence electrons. The Kier molecular flexibility index (Phi) is 4.63. The molecule has 5 heteroatoms. The first kappa shape index (κ1) is 14.4. The van der Waals surface area contributed by atoms with Gasteiger partial charge in [-0.15, -0.1) is 0 Å². The lowest BCUT2D eigenvalue weighted by Crippen LogP contribution is -2.04. The summed E-state index contributed by atoms with van der Waals surface area (Å²) < 4.78 is 31.7. The molecule has 0 radical (unpaired) electrons. The molecule has 0 bridgehead atoms. The number of ether oxygens (including phenoxy) is 1. The number of aromatic nitrogens is 1. The molecule has 2 N–H and O–H groups in total. The van der Waals surface area contributed by atoms with Crippen molar-refractivity contribution in [3.63, 3.8) is 0 Å². The van der Waals surface area contributed by atoms with Crippen LogP contribution in [0.25, 0.3) is 11.3 Å². The summed E-state index contributed by atoms with van der Waals surface area (Å²) >= 11 is 0. The Labute approximate surface area is 116 Å². The zero-order chi connectivity index (χ0) is 14.5. The lowest BCUT2D eigenvalue weighted by molar-refractivity contribution is 0.313. The molecule has 1 aromatic heterocycles. The molecule has 0 saturated carbocycles. The molecule has 1 aromatic carbocycles. The van der Waals surface area contributed by atoms with Crippen LogP contribution in [0.2, 0.25) is 0 Å². The highest BCUT2D eigenvalue weighted by atomic mass is 19.2. The van der Waals surface area contributed by atoms with Gasteiger partial charge >= 0.3 is 0 Å². The SMILES string of the molecule is CCCOc1cnc(-c2ccc(F)c(F)c2)cc1CN. The Morgan fingerprint density at radius 2 is 2.00 bits per heavy atom. The predicted molar refractivity (Wildman–Crippen MR) is 73.3 cm³/mol. The maximum absolute atomic E-state index is 13.2. The number of nitrogens with zero attached hydrogens (tertiary/aromatic N) is 1. The second kappa shape index (κ2) is 6.43. The van der Waals surface area contributed by atoms with E-state index in [0.717, 1.165) is 24.1 Å². The number of halogens is 2. The highest BCUT2D eigenvalue weighted by Crippen LogP contribution is 2.25. The third-order valence-electron chi connectivity index (χ3n) is 2.85. The van der Waals surface area contributed by atoms with E-state index in [1.807, 2.05) is 6.92 Å². The van der Waals surface area contributed by atoms with Gasteiger partial charge in [0.2, 0.25) is 0 Å². The summed E-state index contributed by atoms with van der Waals surface area (Å²) in [7, 11) is 0. The second-order valence-electron chi connectivity index (χ2n) is 4.36. The number of nitrogens with two attached hydrogens (primary N) is 1. The number of benzene rings is 1. The first-order valence-corrected chi connectivity index (χ1v) is 6.43. The van der Waals surface area contributed by atoms with Crippen molar-refractivity contribution in [2.75, 3.05) is 6.61 Å². The lowest BCUT2D eigenvalue weighted by Gasteiger charge is -2.11. The van der Waals surface area contributed by atoms with E-state index >= 15 is 0 Å². The van der Waals surface area contributed by atoms with Gasteiger partial charge in [-0.05, 0) is 30.7 Å². The van der Waals surface area contributed by atoms with Crippen LogP contribution in [0.5, 0.6) is 5.75 Å². The summed E-state index contributed by atoms with van der Waals surface area (Å²) in [5.41, 5.74) is 7.50. The summed E-state index contributed by atoms with van der Waals surface area (Å²) in [5.74, 6) is -1.15.